The van der Waals surface area contributed by atoms with Crippen LogP contribution < -0.4 is 4.72 Å². The van der Waals surface area contributed by atoms with Crippen molar-refractivity contribution in [1.29, 1.82) is 0 Å². The van der Waals surface area contributed by atoms with Crippen molar-refractivity contribution < 1.29 is 44.7 Å². The Morgan fingerprint density at radius 2 is 1.78 bits per heavy atom. The van der Waals surface area contributed by atoms with Gasteiger partial charge in [0, 0.05) is 11.1 Å². The van der Waals surface area contributed by atoms with Crippen LogP contribution in [0.25, 0.3) is 0 Å². The van der Waals surface area contributed by atoms with Gasteiger partial charge in [0.1, 0.15) is 0 Å². The topological polar surface area (TPSA) is 96.4 Å². The summed E-state index contributed by atoms with van der Waals surface area (Å²) in [5.74, 6) is -1.24. The Morgan fingerprint density at radius 1 is 1.15 bits per heavy atom. The number of aliphatic carboxylic acids is 1. The molecule has 0 amide bonds. The number of hydrogen-bond acceptors (Lipinski definition) is 5. The second kappa shape index (κ2) is 6.99. The molecule has 27 heavy (non-hydrogen) atoms. The van der Waals surface area contributed by atoms with Gasteiger partial charge in [-0.05, 0) is 18.2 Å². The zero-order valence-electron chi connectivity index (χ0n) is 12.7. The Labute approximate surface area is 151 Å². The third-order valence-corrected chi connectivity index (χ3v) is 5.44. The van der Waals surface area contributed by atoms with Gasteiger partial charge in [0.2, 0.25) is 0 Å². The number of halogens is 6. The highest BCUT2D eigenvalue weighted by molar-refractivity contribution is 7.93. The monoisotopic (exact) mass is 434 g/mol. The molecular weight excluding hydrogens is 426 g/mol. The van der Waals surface area contributed by atoms with Crippen molar-refractivity contribution in [2.75, 3.05) is 4.72 Å². The predicted octanol–water partition coefficient (Wildman–Crippen LogP) is 3.61. The van der Waals surface area contributed by atoms with Crippen LogP contribution in [0, 0.1) is 0 Å². The molecule has 6 nitrogen and oxygen atoms in total. The van der Waals surface area contributed by atoms with E-state index in [0.29, 0.717) is 11.3 Å². The van der Waals surface area contributed by atoms with Crippen LogP contribution >= 0.6 is 11.3 Å². The molecule has 0 atom stereocenters. The number of carboxylic acids is 1. The second-order valence-electron chi connectivity index (χ2n) is 5.01. The summed E-state index contributed by atoms with van der Waals surface area (Å²) in [7, 11) is -4.94. The Bertz CT molecular complexity index is 966. The first-order valence-electron chi connectivity index (χ1n) is 6.68. The van der Waals surface area contributed by atoms with E-state index in [1.165, 1.54) is 0 Å². The molecule has 0 aliphatic heterocycles. The summed E-state index contributed by atoms with van der Waals surface area (Å²) in [5, 5.41) is 8.20. The molecule has 14 heteroatoms. The van der Waals surface area contributed by atoms with Gasteiger partial charge in [0.15, 0.2) is 5.13 Å². The normalized spacial score (nSPS) is 12.8. The molecule has 0 saturated carbocycles. The fourth-order valence-corrected chi connectivity index (χ4v) is 4.17. The molecule has 0 unspecified atom stereocenters. The molecule has 0 fully saturated rings. The molecule has 148 valence electrons. The number of alkyl halides is 6. The second-order valence-corrected chi connectivity index (χ2v) is 7.78. The molecular formula is C13H8F6N2O4S2. The van der Waals surface area contributed by atoms with Gasteiger partial charge in [-0.25, -0.2) is 13.4 Å². The predicted molar refractivity (Wildman–Crippen MR) is 80.7 cm³/mol. The highest BCUT2D eigenvalue weighted by atomic mass is 32.2. The minimum atomic E-state index is -5.37. The minimum absolute atomic E-state index is 0.115. The van der Waals surface area contributed by atoms with Crippen molar-refractivity contribution >= 4 is 32.5 Å². The number of sulfonamides is 1. The molecule has 0 spiro atoms. The van der Waals surface area contributed by atoms with Gasteiger partial charge in [0.25, 0.3) is 10.0 Å². The van der Waals surface area contributed by atoms with Crippen LogP contribution in [0.15, 0.2) is 29.3 Å². The molecule has 1 aromatic carbocycles. The third kappa shape index (κ3) is 5.09. The number of rotatable bonds is 5. The average Bonchev–Trinajstić information content (AvgIpc) is 2.90. The van der Waals surface area contributed by atoms with Crippen LogP contribution in [0.2, 0.25) is 0 Å². The number of thiazole rings is 1. The molecule has 0 aliphatic rings. The molecule has 0 radical (unpaired) electrons. The lowest BCUT2D eigenvalue weighted by Crippen LogP contribution is -2.20. The molecule has 1 heterocycles. The van der Waals surface area contributed by atoms with E-state index in [1.807, 2.05) is 0 Å². The van der Waals surface area contributed by atoms with E-state index in [0.717, 1.165) is 6.20 Å². The molecule has 0 aliphatic carbocycles. The number of aromatic nitrogens is 1. The van der Waals surface area contributed by atoms with E-state index < -0.39 is 55.9 Å². The lowest BCUT2D eigenvalue weighted by molar-refractivity contribution is -0.144. The molecule has 2 aromatic rings. The SMILES string of the molecule is O=C(O)Cc1cnc(NS(=O)(=O)c2ccc(C(F)(F)F)cc2C(F)(F)F)s1. The maximum Gasteiger partial charge on any atom is 0.417 e. The number of carbonyl (C=O) groups is 1. The zero-order chi connectivity index (χ0) is 20.6. The number of nitrogens with one attached hydrogen (secondary N) is 1. The molecule has 0 saturated heterocycles. The maximum absolute atomic E-state index is 13.1. The summed E-state index contributed by atoms with van der Waals surface area (Å²) < 4.78 is 103. The Hall–Kier alpha value is -2.35. The number of nitrogens with zero attached hydrogens (tertiary/aromatic N) is 1. The van der Waals surface area contributed by atoms with Crippen molar-refractivity contribution in [2.24, 2.45) is 0 Å². The first-order chi connectivity index (χ1) is 12.2. The lowest BCUT2D eigenvalue weighted by Gasteiger charge is -2.16. The van der Waals surface area contributed by atoms with Gasteiger partial charge in [0.05, 0.1) is 22.4 Å². The Kier molecular flexibility index (Phi) is 5.43. The lowest BCUT2D eigenvalue weighted by atomic mass is 10.1. The van der Waals surface area contributed by atoms with Gasteiger partial charge in [-0.3, -0.25) is 9.52 Å². The van der Waals surface area contributed by atoms with Gasteiger partial charge < -0.3 is 5.11 Å². The number of carboxylic acid groups (broad SMARTS) is 1. The summed E-state index contributed by atoms with van der Waals surface area (Å²) in [6.07, 6.45) is -9.96. The largest absolute Gasteiger partial charge is 0.481 e. The molecule has 0 bridgehead atoms. The zero-order valence-corrected chi connectivity index (χ0v) is 14.4. The van der Waals surface area contributed by atoms with Crippen LogP contribution in [0.3, 0.4) is 0 Å². The van der Waals surface area contributed by atoms with E-state index in [1.54, 1.807) is 4.72 Å². The van der Waals surface area contributed by atoms with Crippen molar-refractivity contribution in [2.45, 2.75) is 23.7 Å². The quantitative estimate of drug-likeness (QED) is 0.701. The maximum atomic E-state index is 13.1. The molecule has 2 N–H and O–H groups in total. The smallest absolute Gasteiger partial charge is 0.417 e. The average molecular weight is 434 g/mol. The van der Waals surface area contributed by atoms with Crippen LogP contribution in [-0.2, 0) is 33.6 Å². The summed E-state index contributed by atoms with van der Waals surface area (Å²) >= 11 is 0.560. The van der Waals surface area contributed by atoms with Crippen LogP contribution in [0.5, 0.6) is 0 Å². The van der Waals surface area contributed by atoms with E-state index in [2.05, 4.69) is 4.98 Å². The van der Waals surface area contributed by atoms with Crippen LogP contribution in [0.4, 0.5) is 31.5 Å². The van der Waals surface area contributed by atoms with Crippen LogP contribution in [-0.4, -0.2) is 24.5 Å². The molecule has 2 rings (SSSR count). The van der Waals surface area contributed by atoms with Gasteiger partial charge >= 0.3 is 18.3 Å². The highest BCUT2D eigenvalue weighted by Gasteiger charge is 2.41. The van der Waals surface area contributed by atoms with Gasteiger partial charge in [-0.2, -0.15) is 26.3 Å². The summed E-state index contributed by atoms with van der Waals surface area (Å²) in [5.41, 5.74) is -3.65. The fourth-order valence-electron chi connectivity index (χ4n) is 1.92. The molecule has 1 aromatic heterocycles. The van der Waals surface area contributed by atoms with Gasteiger partial charge in [-0.1, -0.05) is 0 Å². The minimum Gasteiger partial charge on any atom is -0.481 e. The van der Waals surface area contributed by atoms with E-state index >= 15 is 0 Å². The third-order valence-electron chi connectivity index (χ3n) is 3.00. The summed E-state index contributed by atoms with van der Waals surface area (Å²) in [4.78, 5) is 12.8. The summed E-state index contributed by atoms with van der Waals surface area (Å²) in [6, 6.07) is 0.105. The number of benzene rings is 1. The standard InChI is InChI=1S/C13H8F6N2O4S2/c14-12(15,16)6-1-2-9(8(3-6)13(17,18)19)27(24,25)21-11-20-5-7(26-11)4-10(22)23/h1-3,5H,4H2,(H,20,21)(H,22,23). The number of anilines is 1. The van der Waals surface area contributed by atoms with Crippen molar-refractivity contribution in [3.8, 4) is 0 Å². The van der Waals surface area contributed by atoms with Crippen molar-refractivity contribution in [3.63, 3.8) is 0 Å². The first kappa shape index (κ1) is 21.0. The fraction of sp³-hybridized carbons (Fsp3) is 0.231. The first-order valence-corrected chi connectivity index (χ1v) is 8.98. The van der Waals surface area contributed by atoms with E-state index in [4.69, 9.17) is 5.11 Å². The van der Waals surface area contributed by atoms with E-state index in [-0.39, 0.29) is 23.1 Å². The van der Waals surface area contributed by atoms with E-state index in [9.17, 15) is 39.6 Å². The summed E-state index contributed by atoms with van der Waals surface area (Å²) in [6.45, 7) is 0. The Balaban J connectivity index is 2.45. The number of hydrogen-bond donors (Lipinski definition) is 2. The van der Waals surface area contributed by atoms with Crippen molar-refractivity contribution in [1.82, 2.24) is 4.98 Å². The van der Waals surface area contributed by atoms with Gasteiger partial charge in [-0.15, -0.1) is 11.3 Å². The van der Waals surface area contributed by atoms with Crippen molar-refractivity contribution in [3.05, 3.63) is 40.4 Å². The highest BCUT2D eigenvalue weighted by Crippen LogP contribution is 2.39. The Morgan fingerprint density at radius 3 is 2.30 bits per heavy atom. The van der Waals surface area contributed by atoms with Crippen LogP contribution in [0.1, 0.15) is 16.0 Å².